The van der Waals surface area contributed by atoms with Crippen LogP contribution in [0.15, 0.2) is 36.7 Å². The largest absolute Gasteiger partial charge is 0.469 e. The van der Waals surface area contributed by atoms with Gasteiger partial charge in [-0.3, -0.25) is 24.3 Å². The molecule has 2 saturated heterocycles. The molecular formula is C29H35F2N5O6. The molecule has 0 saturated carbocycles. The molecule has 3 amide bonds. The predicted octanol–water partition coefficient (Wildman–Crippen LogP) is 3.13. The molecule has 2 atom stereocenters. The molecule has 42 heavy (non-hydrogen) atoms. The Morgan fingerprint density at radius 3 is 2.38 bits per heavy atom. The van der Waals surface area contributed by atoms with Gasteiger partial charge in [-0.1, -0.05) is 20.8 Å². The van der Waals surface area contributed by atoms with Crippen LogP contribution >= 0.6 is 0 Å². The third-order valence-corrected chi connectivity index (χ3v) is 7.31. The van der Waals surface area contributed by atoms with Crippen LogP contribution in [0.2, 0.25) is 0 Å². The number of methoxy groups -OCH3 is 1. The zero-order chi connectivity index (χ0) is 30.6. The Labute approximate surface area is 242 Å². The number of pyridine rings is 1. The monoisotopic (exact) mass is 587 g/mol. The number of piperazine rings is 1. The summed E-state index contributed by atoms with van der Waals surface area (Å²) >= 11 is 0. The summed E-state index contributed by atoms with van der Waals surface area (Å²) in [6.45, 7) is 6.28. The third kappa shape index (κ3) is 6.94. The summed E-state index contributed by atoms with van der Waals surface area (Å²) in [6.07, 6.45) is 1.87. The van der Waals surface area contributed by atoms with Crippen LogP contribution in [-0.2, 0) is 19.1 Å². The molecule has 1 aromatic carbocycles. The molecule has 4 rings (SSSR count). The molecule has 11 nitrogen and oxygen atoms in total. The van der Waals surface area contributed by atoms with Gasteiger partial charge in [0.1, 0.15) is 17.8 Å². The predicted molar refractivity (Wildman–Crippen MR) is 149 cm³/mol. The molecule has 2 aliphatic rings. The number of hydrogen-bond acceptors (Lipinski definition) is 8. The minimum absolute atomic E-state index is 0.00510. The normalized spacial score (nSPS) is 18.0. The second-order valence-electron chi connectivity index (χ2n) is 11.3. The Morgan fingerprint density at radius 2 is 1.81 bits per heavy atom. The van der Waals surface area contributed by atoms with Crippen molar-refractivity contribution >= 4 is 35.3 Å². The van der Waals surface area contributed by atoms with Gasteiger partial charge in [0.05, 0.1) is 24.9 Å². The molecule has 0 radical (unpaired) electrons. The molecule has 1 aromatic heterocycles. The van der Waals surface area contributed by atoms with E-state index in [2.05, 4.69) is 15.0 Å². The van der Waals surface area contributed by atoms with E-state index in [1.54, 1.807) is 23.2 Å². The van der Waals surface area contributed by atoms with Crippen LogP contribution in [0, 0.1) is 17.0 Å². The summed E-state index contributed by atoms with van der Waals surface area (Å²) in [5, 5.41) is 2.82. The number of carbonyl (C=O) groups excluding carboxylic acids is 4. The second-order valence-corrected chi connectivity index (χ2v) is 11.3. The van der Waals surface area contributed by atoms with Crippen molar-refractivity contribution in [2.75, 3.05) is 49.6 Å². The fourth-order valence-corrected chi connectivity index (χ4v) is 4.97. The van der Waals surface area contributed by atoms with Gasteiger partial charge < -0.3 is 24.6 Å². The van der Waals surface area contributed by atoms with E-state index >= 15 is 8.78 Å². The van der Waals surface area contributed by atoms with Gasteiger partial charge in [0.2, 0.25) is 5.91 Å². The molecule has 0 spiro atoms. The molecule has 2 fully saturated rings. The molecule has 226 valence electrons. The summed E-state index contributed by atoms with van der Waals surface area (Å²) in [6, 6.07) is 4.55. The minimum Gasteiger partial charge on any atom is -0.469 e. The molecule has 0 bridgehead atoms. The van der Waals surface area contributed by atoms with E-state index in [0.717, 1.165) is 17.0 Å². The van der Waals surface area contributed by atoms with Crippen molar-refractivity contribution in [3.05, 3.63) is 53.9 Å². The Kier molecular flexibility index (Phi) is 9.27. The van der Waals surface area contributed by atoms with Gasteiger partial charge in [0, 0.05) is 57.1 Å². The van der Waals surface area contributed by atoms with Crippen molar-refractivity contribution in [3.63, 3.8) is 0 Å². The van der Waals surface area contributed by atoms with E-state index < -0.39 is 47.2 Å². The van der Waals surface area contributed by atoms with Crippen LogP contribution < -0.4 is 15.1 Å². The first-order chi connectivity index (χ1) is 19.9. The van der Waals surface area contributed by atoms with Crippen LogP contribution in [0.1, 0.15) is 44.0 Å². The number of hydrogen-bond donors (Lipinski definition) is 1. The van der Waals surface area contributed by atoms with Gasteiger partial charge >= 0.3 is 12.1 Å². The quantitative estimate of drug-likeness (QED) is 0.468. The van der Waals surface area contributed by atoms with Crippen molar-refractivity contribution in [2.24, 2.45) is 5.41 Å². The first kappa shape index (κ1) is 30.7. The first-order valence-electron chi connectivity index (χ1n) is 13.7. The van der Waals surface area contributed by atoms with Gasteiger partial charge in [-0.25, -0.2) is 13.6 Å². The highest BCUT2D eigenvalue weighted by Gasteiger charge is 2.38. The van der Waals surface area contributed by atoms with E-state index in [0.29, 0.717) is 5.56 Å². The molecule has 13 heteroatoms. The van der Waals surface area contributed by atoms with Crippen LogP contribution in [-0.4, -0.2) is 85.7 Å². The number of nitrogens with zero attached hydrogens (tertiary/aromatic N) is 4. The van der Waals surface area contributed by atoms with E-state index in [4.69, 9.17) is 4.74 Å². The van der Waals surface area contributed by atoms with Gasteiger partial charge in [-0.05, 0) is 24.0 Å². The average Bonchev–Trinajstić information content (AvgIpc) is 3.34. The third-order valence-electron chi connectivity index (χ3n) is 7.31. The smallest absolute Gasteiger partial charge is 0.414 e. The molecule has 0 aliphatic carbocycles. The number of amides is 3. The maximum atomic E-state index is 15.3. The summed E-state index contributed by atoms with van der Waals surface area (Å²) in [5.74, 6) is -2.86. The Morgan fingerprint density at radius 1 is 1.14 bits per heavy atom. The molecule has 2 aliphatic heterocycles. The highest BCUT2D eigenvalue weighted by atomic mass is 19.1. The molecule has 3 heterocycles. The van der Waals surface area contributed by atoms with Gasteiger partial charge in [-0.2, -0.15) is 0 Å². The zero-order valence-corrected chi connectivity index (χ0v) is 24.1. The first-order valence-corrected chi connectivity index (χ1v) is 13.7. The fraction of sp³-hybridized carbons (Fsp3) is 0.483. The van der Waals surface area contributed by atoms with Gasteiger partial charge in [-0.15, -0.1) is 0 Å². The number of esters is 1. The summed E-state index contributed by atoms with van der Waals surface area (Å²) < 4.78 is 40.4. The van der Waals surface area contributed by atoms with E-state index in [1.165, 1.54) is 18.2 Å². The van der Waals surface area contributed by atoms with Crippen LogP contribution in [0.25, 0.3) is 0 Å². The number of ether oxygens (including phenoxy) is 2. The summed E-state index contributed by atoms with van der Waals surface area (Å²) in [4.78, 5) is 58.2. The van der Waals surface area contributed by atoms with Crippen molar-refractivity contribution in [2.45, 2.75) is 45.8 Å². The lowest BCUT2D eigenvalue weighted by Crippen LogP contribution is -2.58. The maximum absolute atomic E-state index is 15.3. The number of nitrogens with one attached hydrogen (secondary N) is 1. The lowest BCUT2D eigenvalue weighted by Gasteiger charge is -2.40. The number of carbonyl (C=O) groups is 4. The van der Waals surface area contributed by atoms with Crippen LogP contribution in [0.5, 0.6) is 0 Å². The van der Waals surface area contributed by atoms with Gasteiger partial charge in [0.25, 0.3) is 5.91 Å². The Bertz CT molecular complexity index is 1300. The fourth-order valence-electron chi connectivity index (χ4n) is 4.97. The van der Waals surface area contributed by atoms with E-state index in [-0.39, 0.29) is 62.8 Å². The molecule has 1 N–H and O–H groups in total. The number of cyclic esters (lactones) is 1. The van der Waals surface area contributed by atoms with E-state index in [1.807, 2.05) is 20.8 Å². The molecule has 2 aromatic rings. The lowest BCUT2D eigenvalue weighted by molar-refractivity contribution is -0.141. The number of rotatable bonds is 8. The van der Waals surface area contributed by atoms with Crippen molar-refractivity contribution in [1.29, 1.82) is 0 Å². The zero-order valence-electron chi connectivity index (χ0n) is 24.1. The maximum Gasteiger partial charge on any atom is 0.414 e. The van der Waals surface area contributed by atoms with Gasteiger partial charge in [0.15, 0.2) is 11.6 Å². The second kappa shape index (κ2) is 12.7. The number of aromatic nitrogens is 1. The van der Waals surface area contributed by atoms with Crippen LogP contribution in [0.3, 0.4) is 0 Å². The van der Waals surface area contributed by atoms with Crippen LogP contribution in [0.4, 0.5) is 25.0 Å². The molecule has 0 unspecified atom stereocenters. The molecular weight excluding hydrogens is 552 g/mol. The lowest BCUT2D eigenvalue weighted by atomic mass is 9.85. The highest BCUT2D eigenvalue weighted by Crippen LogP contribution is 2.32. The van der Waals surface area contributed by atoms with Crippen molar-refractivity contribution in [3.8, 4) is 0 Å². The van der Waals surface area contributed by atoms with Crippen molar-refractivity contribution < 1.29 is 37.4 Å². The number of benzene rings is 1. The summed E-state index contributed by atoms with van der Waals surface area (Å²) in [7, 11) is 1.26. The topological polar surface area (TPSA) is 121 Å². The Balaban J connectivity index is 1.40. The highest BCUT2D eigenvalue weighted by molar-refractivity contribution is 5.97. The number of anilines is 2. The standard InChI is InChI=1S/C29H35F2N5O6/c1-29(2,3)25(33-26(38)18-6-5-9-32-16-18)27(39)35-12-10-34(11-13-35)24-21(30)14-19(15-22(24)31)36-17-20(42-28(36)40)7-8-23(37)41-4/h5-6,9,14-16,20,25H,7-8,10-13,17H2,1-4H3,(H,33,38)/t20-,25+/m0/s1. The van der Waals surface area contributed by atoms with Crippen molar-refractivity contribution in [1.82, 2.24) is 15.2 Å². The van der Waals surface area contributed by atoms with E-state index in [9.17, 15) is 19.2 Å². The minimum atomic E-state index is -0.855. The SMILES string of the molecule is COC(=O)CC[C@H]1CN(c2cc(F)c(N3CCN(C(=O)[C@@H](NC(=O)c4cccnc4)C(C)(C)C)CC3)c(F)c2)C(=O)O1. The Hall–Kier alpha value is -4.29. The summed E-state index contributed by atoms with van der Waals surface area (Å²) in [5.41, 5.74) is -0.518. The average molecular weight is 588 g/mol. The number of halogens is 2.